The zero-order valence-corrected chi connectivity index (χ0v) is 18.1. The molecule has 0 bridgehead atoms. The molecule has 0 aliphatic carbocycles. The molecule has 10 heteroatoms. The van der Waals surface area contributed by atoms with Crippen LogP contribution in [0.3, 0.4) is 0 Å². The fourth-order valence-electron chi connectivity index (χ4n) is 3.66. The summed E-state index contributed by atoms with van der Waals surface area (Å²) in [6.45, 7) is 0. The van der Waals surface area contributed by atoms with E-state index < -0.39 is 5.91 Å². The van der Waals surface area contributed by atoms with Crippen LogP contribution >= 0.6 is 0 Å². The summed E-state index contributed by atoms with van der Waals surface area (Å²) in [7, 11) is 1.59. The number of hydrogen-bond acceptors (Lipinski definition) is 5. The number of nitrogens with zero attached hydrogens (tertiary/aromatic N) is 6. The second-order valence-electron chi connectivity index (χ2n) is 7.61. The van der Waals surface area contributed by atoms with Crippen molar-refractivity contribution in [2.24, 2.45) is 12.8 Å². The summed E-state index contributed by atoms with van der Waals surface area (Å²) in [6, 6.07) is 21.3. The Morgan fingerprint density at radius 2 is 1.41 bits per heavy atom. The summed E-state index contributed by atoms with van der Waals surface area (Å²) < 4.78 is 5.35. The van der Waals surface area contributed by atoms with Gasteiger partial charge in [0.25, 0.3) is 0 Å². The molecule has 2 heterocycles. The minimum atomic E-state index is -0.575. The van der Waals surface area contributed by atoms with Crippen molar-refractivity contribution >= 4 is 5.91 Å². The van der Waals surface area contributed by atoms with Gasteiger partial charge in [0.05, 0.1) is 17.1 Å². The zero-order valence-electron chi connectivity index (χ0n) is 18.1. The normalized spacial score (nSPS) is 11.0. The van der Waals surface area contributed by atoms with Gasteiger partial charge in [-0.05, 0) is 53.6 Å². The number of rotatable bonds is 5. The average molecular weight is 453 g/mol. The van der Waals surface area contributed by atoms with Crippen molar-refractivity contribution in [2.75, 3.05) is 0 Å². The third kappa shape index (κ3) is 3.62. The van der Waals surface area contributed by atoms with Crippen molar-refractivity contribution < 1.29 is 4.79 Å². The molecule has 0 saturated heterocycles. The predicted molar refractivity (Wildman–Crippen MR) is 125 cm³/mol. The first-order valence-corrected chi connectivity index (χ1v) is 10.3. The largest absolute Gasteiger partial charge is 0.366 e. The van der Waals surface area contributed by atoms with Crippen LogP contribution in [0.5, 0.6) is 0 Å². The Bertz CT molecular complexity index is 1640. The van der Waals surface area contributed by atoms with E-state index in [1.165, 1.54) is 31.2 Å². The Kier molecular flexibility index (Phi) is 5.02. The highest BCUT2D eigenvalue weighted by atomic mass is 16.2. The molecule has 2 N–H and O–H groups in total. The summed E-state index contributed by atoms with van der Waals surface area (Å²) in [4.78, 5) is 36.6. The van der Waals surface area contributed by atoms with Crippen molar-refractivity contribution in [3.8, 4) is 28.2 Å². The lowest BCUT2D eigenvalue weighted by molar-refractivity contribution is 0.1000. The second-order valence-corrected chi connectivity index (χ2v) is 7.61. The average Bonchev–Trinajstić information content (AvgIpc) is 3.41. The number of nitrogens with two attached hydrogens (primary N) is 1. The second kappa shape index (κ2) is 8.17. The third-order valence-corrected chi connectivity index (χ3v) is 5.47. The number of carbonyl (C=O) groups excluding carboxylic acids is 1. The Balaban J connectivity index is 1.48. The van der Waals surface area contributed by atoms with Gasteiger partial charge in [0, 0.05) is 12.6 Å². The molecule has 0 aliphatic heterocycles. The van der Waals surface area contributed by atoms with E-state index >= 15 is 0 Å². The molecule has 0 unspecified atom stereocenters. The molecule has 3 aromatic carbocycles. The van der Waals surface area contributed by atoms with Gasteiger partial charge in [0.15, 0.2) is 0 Å². The minimum absolute atomic E-state index is 0.230. The van der Waals surface area contributed by atoms with E-state index in [2.05, 4.69) is 10.2 Å². The van der Waals surface area contributed by atoms with Gasteiger partial charge in [-0.2, -0.15) is 14.9 Å². The first-order chi connectivity index (χ1) is 16.4. The van der Waals surface area contributed by atoms with Crippen LogP contribution in [0.4, 0.5) is 0 Å². The van der Waals surface area contributed by atoms with Gasteiger partial charge in [-0.1, -0.05) is 30.3 Å². The number of amides is 1. The van der Waals surface area contributed by atoms with Gasteiger partial charge in [-0.15, -0.1) is 0 Å². The molecule has 0 atom stereocenters. The Labute approximate surface area is 192 Å². The van der Waals surface area contributed by atoms with Crippen LogP contribution in [-0.4, -0.2) is 34.6 Å². The zero-order chi connectivity index (χ0) is 23.8. The Morgan fingerprint density at radius 3 is 2.12 bits per heavy atom. The fourth-order valence-corrected chi connectivity index (χ4v) is 3.66. The maximum absolute atomic E-state index is 13.0. The number of hydrogen-bond donors (Lipinski definition) is 1. The molecule has 0 fully saturated rings. The molecule has 0 saturated carbocycles. The highest BCUT2D eigenvalue weighted by Crippen LogP contribution is 2.23. The van der Waals surface area contributed by atoms with Gasteiger partial charge in [-0.25, -0.2) is 23.4 Å². The molecule has 0 aliphatic rings. The van der Waals surface area contributed by atoms with Crippen LogP contribution in [0.2, 0.25) is 0 Å². The molecule has 5 aromatic rings. The minimum Gasteiger partial charge on any atom is -0.366 e. The van der Waals surface area contributed by atoms with Crippen LogP contribution in [-0.2, 0) is 7.05 Å². The van der Waals surface area contributed by atoms with Crippen molar-refractivity contribution in [1.82, 2.24) is 28.7 Å². The summed E-state index contributed by atoms with van der Waals surface area (Å²) in [5, 5.41) is 8.21. The van der Waals surface area contributed by atoms with E-state index in [4.69, 9.17) is 5.73 Å². The summed E-state index contributed by atoms with van der Waals surface area (Å²) >= 11 is 0. The van der Waals surface area contributed by atoms with E-state index in [0.717, 1.165) is 11.1 Å². The fraction of sp³-hybridized carbons (Fsp3) is 0.0417. The number of aryl methyl sites for hydroxylation is 1. The van der Waals surface area contributed by atoms with E-state index in [1.807, 2.05) is 42.5 Å². The maximum Gasteiger partial charge on any atom is 0.355 e. The molecule has 10 nitrogen and oxygen atoms in total. The lowest BCUT2D eigenvalue weighted by Crippen LogP contribution is -2.23. The standard InChI is InChI=1S/C24H19N7O3/c1-28-23(33)29(14-26-28)19-10-8-16(9-11-19)17-4-2-7-21(12-17)31-24(34)30(15-27-31)20-6-3-5-18(13-20)22(25)32/h2-15H,1H3,(H2,25,32). The summed E-state index contributed by atoms with van der Waals surface area (Å²) in [6.07, 6.45) is 2.87. The first-order valence-electron chi connectivity index (χ1n) is 10.3. The van der Waals surface area contributed by atoms with Crippen molar-refractivity contribution in [3.63, 3.8) is 0 Å². The maximum atomic E-state index is 13.0. The Morgan fingerprint density at radius 1 is 0.735 bits per heavy atom. The third-order valence-electron chi connectivity index (χ3n) is 5.47. The quantitative estimate of drug-likeness (QED) is 0.434. The van der Waals surface area contributed by atoms with Gasteiger partial charge in [-0.3, -0.25) is 4.79 Å². The van der Waals surface area contributed by atoms with Gasteiger partial charge >= 0.3 is 11.4 Å². The molecular weight excluding hydrogens is 434 g/mol. The van der Waals surface area contributed by atoms with Crippen LogP contribution < -0.4 is 17.1 Å². The topological polar surface area (TPSA) is 123 Å². The van der Waals surface area contributed by atoms with Crippen LogP contribution in [0.25, 0.3) is 28.2 Å². The number of benzene rings is 3. The number of primary amides is 1. The SMILES string of the molecule is Cn1ncn(-c2ccc(-c3cccc(-n4ncn(-c5cccc(C(N)=O)c5)c4=O)c3)cc2)c1=O. The highest BCUT2D eigenvalue weighted by Gasteiger charge is 2.12. The Hall–Kier alpha value is -4.99. The van der Waals surface area contributed by atoms with Crippen LogP contribution in [0.15, 0.2) is 95.0 Å². The summed E-state index contributed by atoms with van der Waals surface area (Å²) in [5.74, 6) is -0.575. The molecule has 1 amide bonds. The lowest BCUT2D eigenvalue weighted by Gasteiger charge is -2.07. The molecule has 5 rings (SSSR count). The van der Waals surface area contributed by atoms with E-state index in [9.17, 15) is 14.4 Å². The molecule has 34 heavy (non-hydrogen) atoms. The van der Waals surface area contributed by atoms with E-state index in [1.54, 1.807) is 37.4 Å². The van der Waals surface area contributed by atoms with E-state index in [0.29, 0.717) is 22.6 Å². The van der Waals surface area contributed by atoms with Gasteiger partial charge in [0.1, 0.15) is 12.7 Å². The van der Waals surface area contributed by atoms with Crippen molar-refractivity contribution in [2.45, 2.75) is 0 Å². The molecular formula is C24H19N7O3. The first kappa shape index (κ1) is 20.9. The van der Waals surface area contributed by atoms with Gasteiger partial charge < -0.3 is 5.73 Å². The smallest absolute Gasteiger partial charge is 0.355 e. The highest BCUT2D eigenvalue weighted by molar-refractivity contribution is 5.93. The van der Waals surface area contributed by atoms with Gasteiger partial charge in [0.2, 0.25) is 5.91 Å². The van der Waals surface area contributed by atoms with Crippen molar-refractivity contribution in [1.29, 1.82) is 0 Å². The lowest BCUT2D eigenvalue weighted by atomic mass is 10.0. The van der Waals surface area contributed by atoms with E-state index in [-0.39, 0.29) is 11.4 Å². The molecule has 0 spiro atoms. The molecule has 168 valence electrons. The summed E-state index contributed by atoms with van der Waals surface area (Å²) in [5.41, 5.74) is 8.59. The van der Waals surface area contributed by atoms with Crippen molar-refractivity contribution in [3.05, 3.63) is 112 Å². The van der Waals surface area contributed by atoms with Crippen LogP contribution in [0, 0.1) is 0 Å². The monoisotopic (exact) mass is 453 g/mol. The number of carbonyl (C=O) groups is 1. The molecule has 2 aromatic heterocycles. The van der Waals surface area contributed by atoms with Crippen LogP contribution in [0.1, 0.15) is 10.4 Å². The molecule has 0 radical (unpaired) electrons. The predicted octanol–water partition coefficient (Wildman–Crippen LogP) is 1.67. The number of aromatic nitrogens is 6.